The molecule has 1 aromatic rings. The first-order valence-electron chi connectivity index (χ1n) is 7.78. The zero-order chi connectivity index (χ0) is 16.3. The Morgan fingerprint density at radius 3 is 2.73 bits per heavy atom. The fraction of sp³-hybridized carbons (Fsp3) is 0.588. The fourth-order valence-electron chi connectivity index (χ4n) is 3.04. The van der Waals surface area contributed by atoms with Gasteiger partial charge in [-0.3, -0.25) is 4.79 Å². The summed E-state index contributed by atoms with van der Waals surface area (Å²) in [4.78, 5) is 16.2. The van der Waals surface area contributed by atoms with E-state index < -0.39 is 0 Å². The van der Waals surface area contributed by atoms with E-state index in [1.165, 1.54) is 0 Å². The summed E-state index contributed by atoms with van der Waals surface area (Å²) in [6.45, 7) is 6.78. The van der Waals surface area contributed by atoms with Crippen LogP contribution in [0.1, 0.15) is 32.3 Å². The van der Waals surface area contributed by atoms with Gasteiger partial charge in [0.25, 0.3) is 0 Å². The highest BCUT2D eigenvalue weighted by atomic mass is 35.5. The lowest BCUT2D eigenvalue weighted by atomic mass is 9.96. The van der Waals surface area contributed by atoms with Crippen LogP contribution in [-0.2, 0) is 11.3 Å². The van der Waals surface area contributed by atoms with Crippen LogP contribution in [0, 0.1) is 5.92 Å². The molecule has 3 nitrogen and oxygen atoms in total. The number of hydrogen-bond acceptors (Lipinski definition) is 2. The van der Waals surface area contributed by atoms with Crippen LogP contribution in [-0.4, -0.2) is 41.9 Å². The van der Waals surface area contributed by atoms with Crippen molar-refractivity contribution < 1.29 is 4.79 Å². The minimum absolute atomic E-state index is 0.284. The Morgan fingerprint density at radius 2 is 2.09 bits per heavy atom. The van der Waals surface area contributed by atoms with Gasteiger partial charge in [-0.05, 0) is 50.9 Å². The number of benzene rings is 1. The zero-order valence-corrected chi connectivity index (χ0v) is 15.0. The molecular weight excluding hydrogens is 319 g/mol. The lowest BCUT2D eigenvalue weighted by molar-refractivity contribution is -0.136. The summed E-state index contributed by atoms with van der Waals surface area (Å²) >= 11 is 12.2. The van der Waals surface area contributed by atoms with Crippen LogP contribution in [0.3, 0.4) is 0 Å². The standard InChI is InChI=1S/C17H24Cl2N2O/c1-12(2)21-10-13(4-7-17(21)22)9-20(3)11-14-5-6-15(18)8-16(14)19/h5-6,8,12-13H,4,7,9-11H2,1-3H3. The van der Waals surface area contributed by atoms with Gasteiger partial charge in [-0.2, -0.15) is 0 Å². The third-order valence-electron chi connectivity index (χ3n) is 4.19. The van der Waals surface area contributed by atoms with Gasteiger partial charge >= 0.3 is 0 Å². The number of carbonyl (C=O) groups is 1. The number of likely N-dealkylation sites (tertiary alicyclic amines) is 1. The highest BCUT2D eigenvalue weighted by Crippen LogP contribution is 2.24. The van der Waals surface area contributed by atoms with E-state index in [4.69, 9.17) is 23.2 Å². The molecule has 0 radical (unpaired) electrons. The molecule has 122 valence electrons. The molecule has 1 unspecified atom stereocenters. The molecule has 1 aliphatic heterocycles. The first-order chi connectivity index (χ1) is 10.4. The molecule has 0 N–H and O–H groups in total. The summed E-state index contributed by atoms with van der Waals surface area (Å²) in [5, 5.41) is 1.37. The molecule has 1 saturated heterocycles. The van der Waals surface area contributed by atoms with Crippen molar-refractivity contribution in [1.29, 1.82) is 0 Å². The van der Waals surface area contributed by atoms with E-state index in [2.05, 4.69) is 25.8 Å². The van der Waals surface area contributed by atoms with E-state index in [0.717, 1.165) is 31.6 Å². The maximum atomic E-state index is 11.9. The quantitative estimate of drug-likeness (QED) is 0.805. The Labute approximate surface area is 143 Å². The first-order valence-corrected chi connectivity index (χ1v) is 8.54. The summed E-state index contributed by atoms with van der Waals surface area (Å²) in [6.07, 6.45) is 1.64. The van der Waals surface area contributed by atoms with Crippen molar-refractivity contribution >= 4 is 29.1 Å². The van der Waals surface area contributed by atoms with Crippen molar-refractivity contribution in [2.75, 3.05) is 20.1 Å². The van der Waals surface area contributed by atoms with E-state index in [-0.39, 0.29) is 11.9 Å². The Balaban J connectivity index is 1.91. The molecule has 0 aromatic heterocycles. The average Bonchev–Trinajstić information content (AvgIpc) is 2.44. The molecule has 1 aliphatic rings. The molecule has 5 heteroatoms. The van der Waals surface area contributed by atoms with Crippen LogP contribution in [0.15, 0.2) is 18.2 Å². The van der Waals surface area contributed by atoms with Gasteiger partial charge in [0.05, 0.1) is 0 Å². The predicted octanol–water partition coefficient (Wildman–Crippen LogP) is 4.07. The highest BCUT2D eigenvalue weighted by molar-refractivity contribution is 6.35. The highest BCUT2D eigenvalue weighted by Gasteiger charge is 2.27. The second-order valence-corrected chi connectivity index (χ2v) is 7.32. The fourth-order valence-corrected chi connectivity index (χ4v) is 3.50. The van der Waals surface area contributed by atoms with Crippen LogP contribution < -0.4 is 0 Å². The molecule has 1 fully saturated rings. The third-order valence-corrected chi connectivity index (χ3v) is 4.78. The largest absolute Gasteiger partial charge is 0.340 e. The van der Waals surface area contributed by atoms with E-state index in [1.54, 1.807) is 6.07 Å². The monoisotopic (exact) mass is 342 g/mol. The minimum atomic E-state index is 0.284. The Hall–Kier alpha value is -0.770. The summed E-state index contributed by atoms with van der Waals surface area (Å²) < 4.78 is 0. The van der Waals surface area contributed by atoms with Gasteiger partial charge in [0.1, 0.15) is 0 Å². The first kappa shape index (κ1) is 17.6. The lowest BCUT2D eigenvalue weighted by Crippen LogP contribution is -2.46. The van der Waals surface area contributed by atoms with Crippen LogP contribution in [0.2, 0.25) is 10.0 Å². The molecule has 1 amide bonds. The number of amides is 1. The molecule has 22 heavy (non-hydrogen) atoms. The molecule has 1 heterocycles. The topological polar surface area (TPSA) is 23.6 Å². The summed E-state index contributed by atoms with van der Waals surface area (Å²) in [5.74, 6) is 0.811. The predicted molar refractivity (Wildman–Crippen MR) is 92.4 cm³/mol. The van der Waals surface area contributed by atoms with Gasteiger partial charge in [-0.1, -0.05) is 29.3 Å². The van der Waals surface area contributed by atoms with Crippen LogP contribution >= 0.6 is 23.2 Å². The van der Waals surface area contributed by atoms with Gasteiger partial charge in [0.15, 0.2) is 0 Å². The molecule has 0 aliphatic carbocycles. The third kappa shape index (κ3) is 4.61. The normalized spacial score (nSPS) is 19.3. The van der Waals surface area contributed by atoms with Crippen LogP contribution in [0.4, 0.5) is 0 Å². The summed E-state index contributed by atoms with van der Waals surface area (Å²) in [6, 6.07) is 5.92. The van der Waals surface area contributed by atoms with Gasteiger partial charge < -0.3 is 9.80 Å². The molecule has 0 spiro atoms. The number of halogens is 2. The second-order valence-electron chi connectivity index (χ2n) is 6.48. The van der Waals surface area contributed by atoms with Gasteiger partial charge in [0, 0.05) is 42.1 Å². The zero-order valence-electron chi connectivity index (χ0n) is 13.5. The molecule has 0 bridgehead atoms. The van der Waals surface area contributed by atoms with Crippen molar-refractivity contribution in [3.05, 3.63) is 33.8 Å². The number of nitrogens with zero attached hydrogens (tertiary/aromatic N) is 2. The van der Waals surface area contributed by atoms with Crippen molar-refractivity contribution in [2.24, 2.45) is 5.92 Å². The molecule has 2 rings (SSSR count). The van der Waals surface area contributed by atoms with E-state index >= 15 is 0 Å². The molecule has 1 aromatic carbocycles. The SMILES string of the molecule is CC(C)N1CC(CN(C)Cc2ccc(Cl)cc2Cl)CCC1=O. The van der Waals surface area contributed by atoms with Gasteiger partial charge in [0.2, 0.25) is 5.91 Å². The number of rotatable bonds is 5. The number of piperidine rings is 1. The maximum absolute atomic E-state index is 11.9. The lowest BCUT2D eigenvalue weighted by Gasteiger charge is -2.37. The van der Waals surface area contributed by atoms with Gasteiger partial charge in [-0.25, -0.2) is 0 Å². The second kappa shape index (κ2) is 7.67. The number of hydrogen-bond donors (Lipinski definition) is 0. The Morgan fingerprint density at radius 1 is 1.36 bits per heavy atom. The minimum Gasteiger partial charge on any atom is -0.340 e. The summed E-state index contributed by atoms with van der Waals surface area (Å²) in [5.41, 5.74) is 1.08. The van der Waals surface area contributed by atoms with E-state index in [9.17, 15) is 4.79 Å². The summed E-state index contributed by atoms with van der Waals surface area (Å²) in [7, 11) is 2.10. The smallest absolute Gasteiger partial charge is 0.222 e. The van der Waals surface area contributed by atoms with Crippen molar-refractivity contribution in [2.45, 2.75) is 39.3 Å². The van der Waals surface area contributed by atoms with Crippen LogP contribution in [0.25, 0.3) is 0 Å². The van der Waals surface area contributed by atoms with Crippen LogP contribution in [0.5, 0.6) is 0 Å². The van der Waals surface area contributed by atoms with Crippen molar-refractivity contribution in [3.63, 3.8) is 0 Å². The average molecular weight is 343 g/mol. The van der Waals surface area contributed by atoms with E-state index in [0.29, 0.717) is 22.4 Å². The number of carbonyl (C=O) groups excluding carboxylic acids is 1. The maximum Gasteiger partial charge on any atom is 0.222 e. The van der Waals surface area contributed by atoms with Crippen molar-refractivity contribution in [1.82, 2.24) is 9.80 Å². The molecular formula is C17H24Cl2N2O. The van der Waals surface area contributed by atoms with Gasteiger partial charge in [-0.15, -0.1) is 0 Å². The Kier molecular flexibility index (Phi) is 6.13. The molecule has 0 saturated carbocycles. The van der Waals surface area contributed by atoms with Crippen molar-refractivity contribution in [3.8, 4) is 0 Å². The Bertz CT molecular complexity index is 533. The molecule has 1 atom stereocenters. The van der Waals surface area contributed by atoms with E-state index in [1.807, 2.05) is 17.0 Å².